The van der Waals surface area contributed by atoms with Crippen molar-refractivity contribution in [2.24, 2.45) is 5.73 Å². The predicted octanol–water partition coefficient (Wildman–Crippen LogP) is 10.1. The third-order valence-corrected chi connectivity index (χ3v) is 9.81. The average Bonchev–Trinajstić information content (AvgIpc) is 3.21. The van der Waals surface area contributed by atoms with Crippen LogP contribution in [0, 0.1) is 0 Å². The summed E-state index contributed by atoms with van der Waals surface area (Å²) in [6.07, 6.45) is -7.21. The van der Waals surface area contributed by atoms with E-state index < -0.39 is 29.5 Å². The molecule has 0 spiro atoms. The van der Waals surface area contributed by atoms with E-state index in [9.17, 15) is 26.3 Å². The molecule has 0 bridgehead atoms. The summed E-state index contributed by atoms with van der Waals surface area (Å²) < 4.78 is 83.4. The lowest BCUT2D eigenvalue weighted by Gasteiger charge is -2.45. The molecule has 2 N–H and O–H groups in total. The second kappa shape index (κ2) is 11.8. The minimum atomic E-state index is -4.99. The van der Waals surface area contributed by atoms with Crippen molar-refractivity contribution >= 4 is 44.6 Å². The normalized spacial score (nSPS) is 18.9. The van der Waals surface area contributed by atoms with Crippen molar-refractivity contribution in [1.82, 2.24) is 4.90 Å². The van der Waals surface area contributed by atoms with Gasteiger partial charge in [0.1, 0.15) is 0 Å². The molecule has 10 heteroatoms. The molecule has 0 radical (unpaired) electrons. The van der Waals surface area contributed by atoms with Crippen LogP contribution in [0.15, 0.2) is 91.0 Å². The molecule has 0 saturated heterocycles. The molecule has 0 amide bonds. The van der Waals surface area contributed by atoms with E-state index >= 15 is 0 Å². The smallest absolute Gasteiger partial charge is 0.376 e. The summed E-state index contributed by atoms with van der Waals surface area (Å²) in [5.74, 6) is 0. The van der Waals surface area contributed by atoms with Gasteiger partial charge in [-0.3, -0.25) is 4.90 Å². The molecular formula is C37H31F6N3S. The summed E-state index contributed by atoms with van der Waals surface area (Å²) in [5.41, 5.74) is 7.59. The zero-order chi connectivity index (χ0) is 33.1. The number of fused-ring (bicyclic) bond motifs is 7. The average molecular weight is 664 g/mol. The highest BCUT2D eigenvalue weighted by atomic mass is 32.1. The largest absolute Gasteiger partial charge is 0.416 e. The Morgan fingerprint density at radius 1 is 0.681 bits per heavy atom. The van der Waals surface area contributed by atoms with Gasteiger partial charge >= 0.3 is 12.4 Å². The quantitative estimate of drug-likeness (QED) is 0.154. The third kappa shape index (κ3) is 5.82. The van der Waals surface area contributed by atoms with Crippen LogP contribution in [-0.2, 0) is 25.4 Å². The van der Waals surface area contributed by atoms with E-state index in [1.54, 1.807) is 0 Å². The zero-order valence-corrected chi connectivity index (χ0v) is 26.0. The van der Waals surface area contributed by atoms with Crippen LogP contribution in [0.2, 0.25) is 0 Å². The fourth-order valence-corrected chi connectivity index (χ4v) is 7.83. The van der Waals surface area contributed by atoms with Crippen LogP contribution in [0.5, 0.6) is 0 Å². The van der Waals surface area contributed by atoms with E-state index in [0.29, 0.717) is 25.9 Å². The van der Waals surface area contributed by atoms with Crippen LogP contribution in [0.4, 0.5) is 32.0 Å². The van der Waals surface area contributed by atoms with Crippen LogP contribution in [-0.4, -0.2) is 22.1 Å². The molecule has 0 unspecified atom stereocenters. The van der Waals surface area contributed by atoms with Crippen molar-refractivity contribution in [2.75, 3.05) is 4.90 Å². The highest BCUT2D eigenvalue weighted by molar-refractivity contribution is 7.80. The van der Waals surface area contributed by atoms with Crippen molar-refractivity contribution in [2.45, 2.75) is 63.2 Å². The summed E-state index contributed by atoms with van der Waals surface area (Å²) in [6, 6.07) is 25.7. The SMILES string of the molecule is NC(=S)N(c1cc(C(F)(F)F)cc(C(F)(F)F)c1)[C@H]1CCCC[C@@H]1N1Cc2ccc3ccccc3c2-c2c(ccc3ccccc23)C1. The number of benzene rings is 5. The minimum absolute atomic E-state index is 0.136. The first kappa shape index (κ1) is 31.4. The predicted molar refractivity (Wildman–Crippen MR) is 178 cm³/mol. The van der Waals surface area contributed by atoms with Gasteiger partial charge in [-0.25, -0.2) is 0 Å². The Morgan fingerprint density at radius 3 is 1.66 bits per heavy atom. The molecule has 2 aliphatic rings. The third-order valence-electron chi connectivity index (χ3n) is 9.61. The van der Waals surface area contributed by atoms with Crippen LogP contribution in [0.3, 0.4) is 0 Å². The summed E-state index contributed by atoms with van der Waals surface area (Å²) in [5, 5.41) is 4.20. The molecule has 1 fully saturated rings. The number of nitrogens with two attached hydrogens (primary N) is 1. The zero-order valence-electron chi connectivity index (χ0n) is 25.2. The Bertz CT molecular complexity index is 1880. The van der Waals surface area contributed by atoms with Gasteiger partial charge in [0, 0.05) is 24.8 Å². The standard InChI is InChI=1S/C37H31F6N3S/c38-36(39,40)26-17-27(37(41,42)43)19-28(18-26)46(35(44)47)32-12-6-5-11-31(32)45-20-24-15-13-22-7-1-3-9-29(22)33(24)34-25(21-45)16-14-23-8-2-4-10-30(23)34/h1-4,7-10,13-19,31-32H,5-6,11-12,20-21H2,(H2,44,47)/t31-,32-/m0/s1. The minimum Gasteiger partial charge on any atom is -0.376 e. The molecule has 7 rings (SSSR count). The fourth-order valence-electron chi connectivity index (χ4n) is 7.59. The van der Waals surface area contributed by atoms with Crippen molar-refractivity contribution in [3.63, 3.8) is 0 Å². The molecule has 1 saturated carbocycles. The van der Waals surface area contributed by atoms with Crippen LogP contribution < -0.4 is 10.6 Å². The van der Waals surface area contributed by atoms with Crippen LogP contribution in [0.25, 0.3) is 32.7 Å². The lowest BCUT2D eigenvalue weighted by Crippen LogP contribution is -2.56. The molecule has 1 heterocycles. The molecule has 242 valence electrons. The number of nitrogens with zero attached hydrogens (tertiary/aromatic N) is 2. The highest BCUT2D eigenvalue weighted by Crippen LogP contribution is 2.45. The summed E-state index contributed by atoms with van der Waals surface area (Å²) >= 11 is 5.39. The summed E-state index contributed by atoms with van der Waals surface area (Å²) in [4.78, 5) is 3.64. The van der Waals surface area contributed by atoms with E-state index in [2.05, 4.69) is 53.4 Å². The van der Waals surface area contributed by atoms with Gasteiger partial charge in [0.2, 0.25) is 0 Å². The van der Waals surface area contributed by atoms with Crippen LogP contribution in [0.1, 0.15) is 47.9 Å². The number of hydrogen-bond acceptors (Lipinski definition) is 2. The lowest BCUT2D eigenvalue weighted by atomic mass is 9.87. The van der Waals surface area contributed by atoms with E-state index in [0.717, 1.165) is 68.8 Å². The number of anilines is 1. The van der Waals surface area contributed by atoms with Crippen molar-refractivity contribution in [3.05, 3.63) is 113 Å². The van der Waals surface area contributed by atoms with Gasteiger partial charge in [-0.15, -0.1) is 0 Å². The fraction of sp³-hybridized carbons (Fsp3) is 0.270. The van der Waals surface area contributed by atoms with Gasteiger partial charge in [0.25, 0.3) is 0 Å². The Kier molecular flexibility index (Phi) is 7.91. The Morgan fingerprint density at radius 2 is 1.17 bits per heavy atom. The monoisotopic (exact) mass is 663 g/mol. The Balaban J connectivity index is 1.38. The van der Waals surface area contributed by atoms with E-state index in [1.807, 2.05) is 24.3 Å². The van der Waals surface area contributed by atoms with Gasteiger partial charge in [-0.1, -0.05) is 85.6 Å². The lowest BCUT2D eigenvalue weighted by molar-refractivity contribution is -0.143. The summed E-state index contributed by atoms with van der Waals surface area (Å²) in [7, 11) is 0. The molecular weight excluding hydrogens is 632 g/mol. The van der Waals surface area contributed by atoms with E-state index in [1.165, 1.54) is 4.90 Å². The second-order valence-electron chi connectivity index (χ2n) is 12.4. The van der Waals surface area contributed by atoms with Crippen molar-refractivity contribution in [1.29, 1.82) is 0 Å². The first-order valence-corrected chi connectivity index (χ1v) is 15.9. The maximum absolute atomic E-state index is 13.9. The number of thiocarbonyl (C=S) groups is 1. The van der Waals surface area contributed by atoms with Crippen molar-refractivity contribution in [3.8, 4) is 11.1 Å². The van der Waals surface area contributed by atoms with Crippen LogP contribution >= 0.6 is 12.2 Å². The Labute approximate surface area is 273 Å². The molecule has 3 nitrogen and oxygen atoms in total. The van der Waals surface area contributed by atoms with Gasteiger partial charge < -0.3 is 10.6 Å². The summed E-state index contributed by atoms with van der Waals surface area (Å²) in [6.45, 7) is 1.07. The molecule has 5 aromatic rings. The van der Waals surface area contributed by atoms with Gasteiger partial charge in [-0.2, -0.15) is 26.3 Å². The van der Waals surface area contributed by atoms with Gasteiger partial charge in [-0.05, 0) is 87.1 Å². The van der Waals surface area contributed by atoms with Gasteiger partial charge in [0.05, 0.1) is 17.2 Å². The topological polar surface area (TPSA) is 32.5 Å². The number of halogens is 6. The van der Waals surface area contributed by atoms with Gasteiger partial charge in [0.15, 0.2) is 5.11 Å². The molecule has 1 aliphatic carbocycles. The Hall–Kier alpha value is -4.15. The number of alkyl halides is 6. The molecule has 2 atom stereocenters. The second-order valence-corrected chi connectivity index (χ2v) is 12.9. The van der Waals surface area contributed by atoms with E-state index in [4.69, 9.17) is 18.0 Å². The number of hydrogen-bond donors (Lipinski definition) is 1. The molecule has 47 heavy (non-hydrogen) atoms. The molecule has 1 aliphatic heterocycles. The highest BCUT2D eigenvalue weighted by Gasteiger charge is 2.41. The molecule has 0 aromatic heterocycles. The molecule has 5 aromatic carbocycles. The van der Waals surface area contributed by atoms with Crippen molar-refractivity contribution < 1.29 is 26.3 Å². The number of rotatable bonds is 3. The maximum atomic E-state index is 13.9. The van der Waals surface area contributed by atoms with E-state index in [-0.39, 0.29) is 22.9 Å². The first-order chi connectivity index (χ1) is 22.4. The maximum Gasteiger partial charge on any atom is 0.416 e. The first-order valence-electron chi connectivity index (χ1n) is 15.5.